The van der Waals surface area contributed by atoms with Crippen LogP contribution in [0, 0.1) is 5.82 Å². The van der Waals surface area contributed by atoms with E-state index in [-0.39, 0.29) is 29.2 Å². The Morgan fingerprint density at radius 3 is 2.54 bits per heavy atom. The summed E-state index contributed by atoms with van der Waals surface area (Å²) in [6, 6.07) is 12.6. The molecule has 4 rings (SSSR count). The van der Waals surface area contributed by atoms with E-state index in [1.165, 1.54) is 25.3 Å². The lowest BCUT2D eigenvalue weighted by molar-refractivity contribution is -0.137. The number of rotatable bonds is 6. The minimum Gasteiger partial charge on any atom is -0.488 e. The molecule has 0 saturated carbocycles. The van der Waals surface area contributed by atoms with Crippen LogP contribution in [0.3, 0.4) is 0 Å². The Labute approximate surface area is 207 Å². The van der Waals surface area contributed by atoms with Gasteiger partial charge >= 0.3 is 12.1 Å². The molecule has 0 unspecified atom stereocenters. The highest BCUT2D eigenvalue weighted by molar-refractivity contribution is 9.10. The molecule has 1 aliphatic carbocycles. The van der Waals surface area contributed by atoms with E-state index in [9.17, 15) is 22.4 Å². The zero-order valence-corrected chi connectivity index (χ0v) is 20.2. The highest BCUT2D eigenvalue weighted by Gasteiger charge is 2.32. The molecule has 0 spiro atoms. The maximum atomic E-state index is 14.3. The predicted octanol–water partition coefficient (Wildman–Crippen LogP) is 7.46. The first-order chi connectivity index (χ1) is 16.7. The molecular formula is C26H20BrF4NO3. The maximum Gasteiger partial charge on any atom is 0.416 e. The number of hydrogen-bond acceptors (Lipinski definition) is 4. The number of esters is 1. The third-order valence-corrected chi connectivity index (χ3v) is 6.19. The van der Waals surface area contributed by atoms with Crippen LogP contribution in [0.2, 0.25) is 0 Å². The van der Waals surface area contributed by atoms with Gasteiger partial charge in [-0.2, -0.15) is 13.2 Å². The number of allylic oxidation sites excluding steroid dienone is 2. The smallest absolute Gasteiger partial charge is 0.416 e. The van der Waals surface area contributed by atoms with Crippen LogP contribution in [0.4, 0.5) is 17.6 Å². The second-order valence-electron chi connectivity index (χ2n) is 7.94. The number of halogens is 5. The summed E-state index contributed by atoms with van der Waals surface area (Å²) in [6.45, 7) is -0.157. The standard InChI is InChI=1S/C26H20BrF4NO3/c1-34-25(33)23-7-3-6-22(32-23)19-5-2-4-18(19)20-12-16(26(29,30)31)9-11-24(20)35-14-15-8-10-17(27)13-21(15)28/h3,6-13H,2,4-5,14H2,1H3. The highest BCUT2D eigenvalue weighted by Crippen LogP contribution is 2.44. The summed E-state index contributed by atoms with van der Waals surface area (Å²) < 4.78 is 66.1. The Bertz CT molecular complexity index is 1300. The van der Waals surface area contributed by atoms with Gasteiger partial charge in [-0.15, -0.1) is 0 Å². The molecule has 4 nitrogen and oxygen atoms in total. The summed E-state index contributed by atoms with van der Waals surface area (Å²) in [5.41, 5.74) is 1.70. The maximum absolute atomic E-state index is 14.3. The second-order valence-corrected chi connectivity index (χ2v) is 8.86. The van der Waals surface area contributed by atoms with Gasteiger partial charge in [0.15, 0.2) is 0 Å². The topological polar surface area (TPSA) is 48.4 Å². The van der Waals surface area contributed by atoms with Gasteiger partial charge in [0.1, 0.15) is 23.9 Å². The minimum absolute atomic E-state index is 0.106. The van der Waals surface area contributed by atoms with Crippen molar-refractivity contribution in [3.63, 3.8) is 0 Å². The van der Waals surface area contributed by atoms with Crippen LogP contribution in [-0.2, 0) is 17.5 Å². The van der Waals surface area contributed by atoms with Gasteiger partial charge in [0.05, 0.1) is 18.4 Å². The molecule has 0 aliphatic heterocycles. The monoisotopic (exact) mass is 549 g/mol. The molecule has 0 N–H and O–H groups in total. The molecule has 9 heteroatoms. The van der Waals surface area contributed by atoms with E-state index in [1.807, 2.05) is 0 Å². The summed E-state index contributed by atoms with van der Waals surface area (Å²) in [5, 5.41) is 0. The van der Waals surface area contributed by atoms with Crippen LogP contribution in [0.5, 0.6) is 5.75 Å². The number of pyridine rings is 1. The molecule has 1 aromatic heterocycles. The number of nitrogens with zero attached hydrogens (tertiary/aromatic N) is 1. The van der Waals surface area contributed by atoms with Crippen molar-refractivity contribution in [2.45, 2.75) is 32.0 Å². The van der Waals surface area contributed by atoms with Crippen molar-refractivity contribution in [2.75, 3.05) is 7.11 Å². The van der Waals surface area contributed by atoms with Crippen LogP contribution in [0.15, 0.2) is 59.1 Å². The van der Waals surface area contributed by atoms with Crippen LogP contribution in [0.1, 0.15) is 52.1 Å². The van der Waals surface area contributed by atoms with Gasteiger partial charge in [-0.05, 0) is 72.9 Å². The van der Waals surface area contributed by atoms with Gasteiger partial charge < -0.3 is 9.47 Å². The molecular weight excluding hydrogens is 530 g/mol. The number of carbonyl (C=O) groups excluding carboxylic acids is 1. The van der Waals surface area contributed by atoms with E-state index in [0.717, 1.165) is 17.7 Å². The Morgan fingerprint density at radius 1 is 1.06 bits per heavy atom. The summed E-state index contributed by atoms with van der Waals surface area (Å²) in [4.78, 5) is 16.3. The molecule has 0 amide bonds. The predicted molar refractivity (Wildman–Crippen MR) is 126 cm³/mol. The van der Waals surface area contributed by atoms with Crippen LogP contribution in [0.25, 0.3) is 11.1 Å². The van der Waals surface area contributed by atoms with Crippen molar-refractivity contribution in [1.29, 1.82) is 0 Å². The average Bonchev–Trinajstić information content (AvgIpc) is 3.32. The fraction of sp³-hybridized carbons (Fsp3) is 0.231. The fourth-order valence-electron chi connectivity index (χ4n) is 4.01. The van der Waals surface area contributed by atoms with Gasteiger partial charge in [0, 0.05) is 15.6 Å². The van der Waals surface area contributed by atoms with Gasteiger partial charge in [-0.25, -0.2) is 14.2 Å². The minimum atomic E-state index is -4.55. The molecule has 182 valence electrons. The summed E-state index contributed by atoms with van der Waals surface area (Å²) in [6.07, 6.45) is -2.77. The fourth-order valence-corrected chi connectivity index (χ4v) is 4.34. The quantitative estimate of drug-likeness (QED) is 0.236. The van der Waals surface area contributed by atoms with Gasteiger partial charge in [-0.3, -0.25) is 0 Å². The van der Waals surface area contributed by atoms with Crippen LogP contribution < -0.4 is 4.74 Å². The molecule has 0 fully saturated rings. The van der Waals surface area contributed by atoms with Crippen molar-refractivity contribution in [1.82, 2.24) is 4.98 Å². The van der Waals surface area contributed by atoms with Crippen LogP contribution >= 0.6 is 15.9 Å². The number of benzene rings is 2. The lowest BCUT2D eigenvalue weighted by Crippen LogP contribution is -2.08. The van der Waals surface area contributed by atoms with E-state index in [4.69, 9.17) is 9.47 Å². The summed E-state index contributed by atoms with van der Waals surface area (Å²) in [7, 11) is 1.25. The summed E-state index contributed by atoms with van der Waals surface area (Å²) in [5.74, 6) is -0.886. The molecule has 3 aromatic rings. The molecule has 1 heterocycles. The molecule has 0 atom stereocenters. The number of hydrogen-bond donors (Lipinski definition) is 0. The van der Waals surface area contributed by atoms with Gasteiger partial charge in [0.2, 0.25) is 0 Å². The first-order valence-electron chi connectivity index (χ1n) is 10.7. The molecule has 0 radical (unpaired) electrons. The van der Waals surface area contributed by atoms with E-state index in [2.05, 4.69) is 20.9 Å². The molecule has 1 aliphatic rings. The number of ether oxygens (including phenoxy) is 2. The van der Waals surface area contributed by atoms with Crippen molar-refractivity contribution >= 4 is 33.0 Å². The first-order valence-corrected chi connectivity index (χ1v) is 11.5. The number of carbonyl (C=O) groups is 1. The SMILES string of the molecule is COC(=O)c1cccc(C2=C(c3cc(C(F)(F)F)ccc3OCc3ccc(Br)cc3F)CCC2)n1. The molecule has 0 saturated heterocycles. The van der Waals surface area contributed by atoms with E-state index in [1.54, 1.807) is 24.3 Å². The Hall–Kier alpha value is -3.20. The van der Waals surface area contributed by atoms with E-state index in [0.29, 0.717) is 35.0 Å². The second kappa shape index (κ2) is 10.2. The first kappa shape index (κ1) is 24.9. The lowest BCUT2D eigenvalue weighted by atomic mass is 9.97. The number of alkyl halides is 3. The van der Waals surface area contributed by atoms with Crippen molar-refractivity contribution < 1.29 is 31.8 Å². The third kappa shape index (κ3) is 5.56. The van der Waals surface area contributed by atoms with Crippen molar-refractivity contribution in [3.8, 4) is 5.75 Å². The normalized spacial score (nSPS) is 13.8. The molecule has 35 heavy (non-hydrogen) atoms. The van der Waals surface area contributed by atoms with Crippen molar-refractivity contribution in [3.05, 3.63) is 93.0 Å². The Balaban J connectivity index is 1.78. The average molecular weight is 550 g/mol. The van der Waals surface area contributed by atoms with Gasteiger partial charge in [0.25, 0.3) is 0 Å². The highest BCUT2D eigenvalue weighted by atomic mass is 79.9. The number of aromatic nitrogens is 1. The Kier molecular flexibility index (Phi) is 7.25. The van der Waals surface area contributed by atoms with Crippen molar-refractivity contribution in [2.24, 2.45) is 0 Å². The summed E-state index contributed by atoms with van der Waals surface area (Å²) >= 11 is 3.19. The zero-order chi connectivity index (χ0) is 25.2. The largest absolute Gasteiger partial charge is 0.488 e. The number of methoxy groups -OCH3 is 1. The van der Waals surface area contributed by atoms with E-state index < -0.39 is 23.5 Å². The van der Waals surface area contributed by atoms with Crippen LogP contribution in [-0.4, -0.2) is 18.1 Å². The van der Waals surface area contributed by atoms with E-state index >= 15 is 0 Å². The molecule has 0 bridgehead atoms. The van der Waals surface area contributed by atoms with Gasteiger partial charge in [-0.1, -0.05) is 28.1 Å². The molecule has 2 aromatic carbocycles. The lowest BCUT2D eigenvalue weighted by Gasteiger charge is -2.17. The third-order valence-electron chi connectivity index (χ3n) is 5.70. The Morgan fingerprint density at radius 2 is 1.83 bits per heavy atom. The zero-order valence-electron chi connectivity index (χ0n) is 18.6.